The van der Waals surface area contributed by atoms with Crippen LogP contribution in [-0.2, 0) is 28.6 Å². The lowest BCUT2D eigenvalue weighted by Gasteiger charge is -2.18. The lowest BCUT2D eigenvalue weighted by Crippen LogP contribution is -2.30. The lowest BCUT2D eigenvalue weighted by atomic mass is 10.0. The molecule has 1 atom stereocenters. The number of ether oxygens (including phenoxy) is 3. The van der Waals surface area contributed by atoms with Crippen LogP contribution in [0.1, 0.15) is 329 Å². The standard InChI is InChI=1S/C58H112O6/c1-5-7-9-11-13-15-16-17-18-19-20-21-24-27-30-34-38-42-46-50-57(60)63-53-55(52-62-56(59)49-45-41-37-32-14-12-10-8-6-2)64-58(61)51-47-43-39-35-31-28-25-22-23-26-29-33-36-40-44-48-54(3)4/h54-55H,5-53H2,1-4H3/t55-/m1/s1. The van der Waals surface area contributed by atoms with E-state index in [-0.39, 0.29) is 31.1 Å². The molecule has 0 saturated heterocycles. The molecule has 0 aromatic rings. The Labute approximate surface area is 399 Å². The summed E-state index contributed by atoms with van der Waals surface area (Å²) >= 11 is 0. The van der Waals surface area contributed by atoms with Crippen LogP contribution in [0.4, 0.5) is 0 Å². The zero-order valence-electron chi connectivity index (χ0n) is 43.8. The minimum atomic E-state index is -0.761. The van der Waals surface area contributed by atoms with Gasteiger partial charge in [-0.2, -0.15) is 0 Å². The third kappa shape index (κ3) is 51.4. The van der Waals surface area contributed by atoms with Gasteiger partial charge in [0.05, 0.1) is 0 Å². The monoisotopic (exact) mass is 905 g/mol. The topological polar surface area (TPSA) is 78.9 Å². The van der Waals surface area contributed by atoms with E-state index in [9.17, 15) is 14.4 Å². The number of hydrogen-bond acceptors (Lipinski definition) is 6. The Bertz CT molecular complexity index is 964. The maximum absolute atomic E-state index is 12.8. The fourth-order valence-corrected chi connectivity index (χ4v) is 8.92. The first-order valence-corrected chi connectivity index (χ1v) is 28.9. The van der Waals surface area contributed by atoms with Gasteiger partial charge in [-0.15, -0.1) is 0 Å². The Hall–Kier alpha value is -1.59. The van der Waals surface area contributed by atoms with Gasteiger partial charge < -0.3 is 14.2 Å². The first kappa shape index (κ1) is 62.4. The highest BCUT2D eigenvalue weighted by atomic mass is 16.6. The summed E-state index contributed by atoms with van der Waals surface area (Å²) < 4.78 is 16.8. The fourth-order valence-electron chi connectivity index (χ4n) is 8.92. The number of rotatable bonds is 53. The Balaban J connectivity index is 4.20. The predicted molar refractivity (Wildman–Crippen MR) is 275 cm³/mol. The summed E-state index contributed by atoms with van der Waals surface area (Å²) in [6, 6.07) is 0. The number of esters is 3. The molecule has 0 unspecified atom stereocenters. The molecule has 380 valence electrons. The Morgan fingerprint density at radius 1 is 0.297 bits per heavy atom. The summed E-state index contributed by atoms with van der Waals surface area (Å²) in [6.45, 7) is 9.05. The smallest absolute Gasteiger partial charge is 0.306 e. The largest absolute Gasteiger partial charge is 0.462 e. The molecule has 0 heterocycles. The van der Waals surface area contributed by atoms with Crippen molar-refractivity contribution < 1.29 is 28.6 Å². The predicted octanol–water partition coefficient (Wildman–Crippen LogP) is 19.0. The van der Waals surface area contributed by atoms with E-state index in [1.807, 2.05) is 0 Å². The minimum Gasteiger partial charge on any atom is -0.462 e. The Morgan fingerprint density at radius 3 is 0.766 bits per heavy atom. The normalized spacial score (nSPS) is 12.0. The quantitative estimate of drug-likeness (QED) is 0.0344. The second-order valence-electron chi connectivity index (χ2n) is 20.4. The summed E-state index contributed by atoms with van der Waals surface area (Å²) in [7, 11) is 0. The van der Waals surface area contributed by atoms with Crippen LogP contribution in [0.25, 0.3) is 0 Å². The van der Waals surface area contributed by atoms with Gasteiger partial charge in [0.2, 0.25) is 0 Å². The third-order valence-corrected chi connectivity index (χ3v) is 13.3. The molecule has 0 aromatic heterocycles. The molecule has 0 aliphatic carbocycles. The number of hydrogen-bond donors (Lipinski definition) is 0. The van der Waals surface area contributed by atoms with E-state index >= 15 is 0 Å². The van der Waals surface area contributed by atoms with E-state index in [1.54, 1.807) is 0 Å². The van der Waals surface area contributed by atoms with E-state index in [4.69, 9.17) is 14.2 Å². The molecule has 0 aliphatic rings. The maximum Gasteiger partial charge on any atom is 0.306 e. The molecule has 0 bridgehead atoms. The van der Waals surface area contributed by atoms with Crippen molar-refractivity contribution in [3.8, 4) is 0 Å². The molecule has 0 radical (unpaired) electrons. The van der Waals surface area contributed by atoms with Crippen molar-refractivity contribution in [3.63, 3.8) is 0 Å². The van der Waals surface area contributed by atoms with Crippen LogP contribution < -0.4 is 0 Å². The van der Waals surface area contributed by atoms with E-state index in [0.29, 0.717) is 19.3 Å². The number of unbranched alkanes of at least 4 members (excludes halogenated alkanes) is 40. The molecular formula is C58H112O6. The summed E-state index contributed by atoms with van der Waals surface area (Å²) in [5.41, 5.74) is 0. The molecular weight excluding hydrogens is 793 g/mol. The average molecular weight is 906 g/mol. The molecule has 0 amide bonds. The summed E-state index contributed by atoms with van der Waals surface area (Å²) in [6.07, 6.45) is 56.7. The highest BCUT2D eigenvalue weighted by molar-refractivity contribution is 5.71. The van der Waals surface area contributed by atoms with Crippen LogP contribution in [0.15, 0.2) is 0 Å². The molecule has 0 aromatic carbocycles. The molecule has 0 N–H and O–H groups in total. The van der Waals surface area contributed by atoms with Crippen molar-refractivity contribution in [2.45, 2.75) is 336 Å². The van der Waals surface area contributed by atoms with Gasteiger partial charge in [0.25, 0.3) is 0 Å². The summed E-state index contributed by atoms with van der Waals surface area (Å²) in [4.78, 5) is 38.0. The molecule has 0 fully saturated rings. The summed E-state index contributed by atoms with van der Waals surface area (Å²) in [5, 5.41) is 0. The first-order valence-electron chi connectivity index (χ1n) is 28.9. The van der Waals surface area contributed by atoms with Crippen LogP contribution in [0.3, 0.4) is 0 Å². The zero-order valence-corrected chi connectivity index (χ0v) is 43.8. The van der Waals surface area contributed by atoms with E-state index < -0.39 is 6.10 Å². The SMILES string of the molecule is CCCCCCCCCCCCCCCCCCCCCC(=O)OC[C@@H](COC(=O)CCCCCCCCCCC)OC(=O)CCCCCCCCCCCCCCCCCC(C)C. The van der Waals surface area contributed by atoms with Crippen LogP contribution >= 0.6 is 0 Å². The van der Waals surface area contributed by atoms with Crippen molar-refractivity contribution in [1.82, 2.24) is 0 Å². The highest BCUT2D eigenvalue weighted by Gasteiger charge is 2.19. The van der Waals surface area contributed by atoms with E-state index in [0.717, 1.165) is 63.7 Å². The fraction of sp³-hybridized carbons (Fsp3) is 0.948. The van der Waals surface area contributed by atoms with Crippen molar-refractivity contribution in [3.05, 3.63) is 0 Å². The van der Waals surface area contributed by atoms with Gasteiger partial charge in [0.1, 0.15) is 13.2 Å². The first-order chi connectivity index (χ1) is 31.4. The number of carbonyl (C=O) groups is 3. The molecule has 64 heavy (non-hydrogen) atoms. The van der Waals surface area contributed by atoms with Crippen LogP contribution in [0, 0.1) is 5.92 Å². The average Bonchev–Trinajstić information content (AvgIpc) is 3.28. The van der Waals surface area contributed by atoms with Gasteiger partial charge in [-0.3, -0.25) is 14.4 Å². The van der Waals surface area contributed by atoms with Gasteiger partial charge in [0, 0.05) is 19.3 Å². The van der Waals surface area contributed by atoms with Crippen molar-refractivity contribution in [1.29, 1.82) is 0 Å². The van der Waals surface area contributed by atoms with Gasteiger partial charge in [-0.1, -0.05) is 291 Å². The van der Waals surface area contributed by atoms with Gasteiger partial charge in [-0.25, -0.2) is 0 Å². The van der Waals surface area contributed by atoms with Crippen LogP contribution in [0.5, 0.6) is 0 Å². The second kappa shape index (κ2) is 52.4. The third-order valence-electron chi connectivity index (χ3n) is 13.3. The zero-order chi connectivity index (χ0) is 46.7. The van der Waals surface area contributed by atoms with Crippen LogP contribution in [0.2, 0.25) is 0 Å². The molecule has 0 aliphatic heterocycles. The molecule has 6 heteroatoms. The van der Waals surface area contributed by atoms with Gasteiger partial charge in [0.15, 0.2) is 6.10 Å². The molecule has 0 rings (SSSR count). The highest BCUT2D eigenvalue weighted by Crippen LogP contribution is 2.18. The lowest BCUT2D eigenvalue weighted by molar-refractivity contribution is -0.167. The Kier molecular flexibility index (Phi) is 51.1. The van der Waals surface area contributed by atoms with Crippen molar-refractivity contribution in [2.75, 3.05) is 13.2 Å². The van der Waals surface area contributed by atoms with Crippen LogP contribution in [-0.4, -0.2) is 37.2 Å². The van der Waals surface area contributed by atoms with E-state index in [1.165, 1.54) is 225 Å². The van der Waals surface area contributed by atoms with Crippen molar-refractivity contribution >= 4 is 17.9 Å². The maximum atomic E-state index is 12.8. The molecule has 0 spiro atoms. The van der Waals surface area contributed by atoms with E-state index in [2.05, 4.69) is 27.7 Å². The molecule has 6 nitrogen and oxygen atoms in total. The number of carbonyl (C=O) groups excluding carboxylic acids is 3. The Morgan fingerprint density at radius 2 is 0.516 bits per heavy atom. The minimum absolute atomic E-state index is 0.0621. The van der Waals surface area contributed by atoms with Gasteiger partial charge in [-0.05, 0) is 25.2 Å². The summed E-state index contributed by atoms with van der Waals surface area (Å²) in [5.74, 6) is 0.00865. The molecule has 0 saturated carbocycles. The van der Waals surface area contributed by atoms with Gasteiger partial charge >= 0.3 is 17.9 Å². The van der Waals surface area contributed by atoms with Crippen molar-refractivity contribution in [2.24, 2.45) is 5.92 Å². The second-order valence-corrected chi connectivity index (χ2v) is 20.4.